The monoisotopic (exact) mass is 258 g/mol. The summed E-state index contributed by atoms with van der Waals surface area (Å²) in [5, 5.41) is 0. The number of fused-ring (bicyclic) bond motifs is 3. The zero-order valence-corrected chi connectivity index (χ0v) is 11.6. The van der Waals surface area contributed by atoms with Gasteiger partial charge in [-0.15, -0.1) is 0 Å². The van der Waals surface area contributed by atoms with Crippen LogP contribution in [0.25, 0.3) is 0 Å². The van der Waals surface area contributed by atoms with Crippen molar-refractivity contribution < 1.29 is 23.7 Å². The van der Waals surface area contributed by atoms with Crippen LogP contribution in [0, 0.1) is 0 Å². The van der Waals surface area contributed by atoms with E-state index in [0.29, 0.717) is 0 Å². The van der Waals surface area contributed by atoms with Gasteiger partial charge in [-0.05, 0) is 34.1 Å². The van der Waals surface area contributed by atoms with Crippen LogP contribution in [-0.2, 0) is 23.7 Å². The van der Waals surface area contributed by atoms with Crippen LogP contribution in [0.4, 0.5) is 0 Å². The van der Waals surface area contributed by atoms with Crippen LogP contribution >= 0.6 is 0 Å². The van der Waals surface area contributed by atoms with Gasteiger partial charge in [0, 0.05) is 0 Å². The van der Waals surface area contributed by atoms with Crippen LogP contribution in [-0.4, -0.2) is 42.3 Å². The number of hydrogen-bond donors (Lipinski definition) is 0. The van der Waals surface area contributed by atoms with Crippen LogP contribution in [0.3, 0.4) is 0 Å². The Morgan fingerprint density at radius 1 is 0.778 bits per heavy atom. The van der Waals surface area contributed by atoms with Crippen molar-refractivity contribution in [3.05, 3.63) is 0 Å². The first-order valence-electron chi connectivity index (χ1n) is 6.68. The predicted molar refractivity (Wildman–Crippen MR) is 62.8 cm³/mol. The molecule has 5 nitrogen and oxygen atoms in total. The summed E-state index contributed by atoms with van der Waals surface area (Å²) in [6.45, 7) is 9.72. The zero-order chi connectivity index (χ0) is 13.1. The molecule has 0 radical (unpaired) electrons. The second kappa shape index (κ2) is 3.90. The molecule has 0 aromatic carbocycles. The molecule has 3 saturated heterocycles. The van der Waals surface area contributed by atoms with Crippen molar-refractivity contribution in [3.8, 4) is 0 Å². The maximum atomic E-state index is 5.98. The third-order valence-corrected chi connectivity index (χ3v) is 3.65. The smallest absolute Gasteiger partial charge is 0.190 e. The molecule has 3 rings (SSSR count). The molecule has 5 heteroatoms. The van der Waals surface area contributed by atoms with E-state index in [1.807, 2.05) is 27.7 Å². The number of ether oxygens (including phenoxy) is 5. The van der Waals surface area contributed by atoms with Crippen molar-refractivity contribution >= 4 is 0 Å². The SMILES string of the molecule is CC[C@H]1O[C@H]2OC(C)(C)O[C@H]2[C@H]2OC(C)(C)O[C@H]21. The molecule has 0 aliphatic carbocycles. The van der Waals surface area contributed by atoms with E-state index in [9.17, 15) is 0 Å². The minimum absolute atomic E-state index is 0.00414. The van der Waals surface area contributed by atoms with Gasteiger partial charge in [0.2, 0.25) is 0 Å². The second-order valence-electron chi connectivity index (χ2n) is 6.12. The molecule has 3 aliphatic rings. The molecule has 0 spiro atoms. The highest BCUT2D eigenvalue weighted by atomic mass is 16.9. The van der Waals surface area contributed by atoms with Crippen LogP contribution < -0.4 is 0 Å². The van der Waals surface area contributed by atoms with Gasteiger partial charge in [-0.25, -0.2) is 0 Å². The van der Waals surface area contributed by atoms with Gasteiger partial charge < -0.3 is 23.7 Å². The quantitative estimate of drug-likeness (QED) is 0.717. The Labute approximate surface area is 108 Å². The Balaban J connectivity index is 1.86. The summed E-state index contributed by atoms with van der Waals surface area (Å²) in [5.41, 5.74) is 0. The minimum atomic E-state index is -0.626. The number of rotatable bonds is 1. The lowest BCUT2D eigenvalue weighted by Crippen LogP contribution is -2.54. The summed E-state index contributed by atoms with van der Waals surface area (Å²) in [7, 11) is 0. The van der Waals surface area contributed by atoms with Crippen molar-refractivity contribution in [2.24, 2.45) is 0 Å². The number of hydrogen-bond acceptors (Lipinski definition) is 5. The normalized spacial score (nSPS) is 48.8. The predicted octanol–water partition coefficient (Wildman–Crippen LogP) is 1.79. The average molecular weight is 258 g/mol. The molecule has 5 atom stereocenters. The fourth-order valence-electron chi connectivity index (χ4n) is 3.02. The zero-order valence-electron chi connectivity index (χ0n) is 11.6. The first-order valence-corrected chi connectivity index (χ1v) is 6.68. The first-order chi connectivity index (χ1) is 8.31. The fourth-order valence-corrected chi connectivity index (χ4v) is 3.02. The van der Waals surface area contributed by atoms with Crippen molar-refractivity contribution in [1.82, 2.24) is 0 Å². The Morgan fingerprint density at radius 2 is 1.33 bits per heavy atom. The van der Waals surface area contributed by atoms with E-state index < -0.39 is 11.6 Å². The van der Waals surface area contributed by atoms with Gasteiger partial charge in [0.05, 0.1) is 6.10 Å². The highest BCUT2D eigenvalue weighted by molar-refractivity contribution is 4.99. The second-order valence-corrected chi connectivity index (χ2v) is 6.12. The third-order valence-electron chi connectivity index (χ3n) is 3.65. The molecule has 0 bridgehead atoms. The van der Waals surface area contributed by atoms with E-state index in [1.165, 1.54) is 0 Å². The van der Waals surface area contributed by atoms with Crippen molar-refractivity contribution in [1.29, 1.82) is 0 Å². The molecule has 0 amide bonds. The van der Waals surface area contributed by atoms with Gasteiger partial charge in [0.1, 0.15) is 18.3 Å². The topological polar surface area (TPSA) is 46.2 Å². The summed E-state index contributed by atoms with van der Waals surface area (Å²) in [6, 6.07) is 0. The van der Waals surface area contributed by atoms with E-state index >= 15 is 0 Å². The minimum Gasteiger partial charge on any atom is -0.344 e. The molecule has 0 aromatic heterocycles. The summed E-state index contributed by atoms with van der Waals surface area (Å²) in [4.78, 5) is 0. The van der Waals surface area contributed by atoms with Crippen LogP contribution in [0.15, 0.2) is 0 Å². The van der Waals surface area contributed by atoms with E-state index in [0.717, 1.165) is 6.42 Å². The summed E-state index contributed by atoms with van der Waals surface area (Å²) >= 11 is 0. The highest BCUT2D eigenvalue weighted by Crippen LogP contribution is 2.44. The van der Waals surface area contributed by atoms with Crippen molar-refractivity contribution in [3.63, 3.8) is 0 Å². The van der Waals surface area contributed by atoms with Gasteiger partial charge in [-0.2, -0.15) is 0 Å². The van der Waals surface area contributed by atoms with E-state index in [2.05, 4.69) is 6.92 Å². The lowest BCUT2D eigenvalue weighted by atomic mass is 9.97. The standard InChI is InChI=1S/C13H22O5/c1-6-7-8-9(16-12(2,3)15-8)10-11(14-7)18-13(4,5)17-10/h7-11H,6H2,1-5H3/t7-,8+,9+,10+,11+/m1/s1. The molecule has 0 aromatic rings. The maximum Gasteiger partial charge on any atom is 0.190 e. The molecule has 3 aliphatic heterocycles. The van der Waals surface area contributed by atoms with E-state index in [4.69, 9.17) is 23.7 Å². The molecule has 3 fully saturated rings. The van der Waals surface area contributed by atoms with Gasteiger partial charge in [-0.3, -0.25) is 0 Å². The molecule has 104 valence electrons. The molecule has 0 unspecified atom stereocenters. The lowest BCUT2D eigenvalue weighted by molar-refractivity contribution is -0.234. The summed E-state index contributed by atoms with van der Waals surface area (Å²) < 4.78 is 29.6. The first kappa shape index (κ1) is 12.8. The Bertz CT molecular complexity index is 340. The van der Waals surface area contributed by atoms with Gasteiger partial charge in [0.25, 0.3) is 0 Å². The van der Waals surface area contributed by atoms with Gasteiger partial charge in [0.15, 0.2) is 17.9 Å². The van der Waals surface area contributed by atoms with Gasteiger partial charge in [-0.1, -0.05) is 6.92 Å². The summed E-state index contributed by atoms with van der Waals surface area (Å²) in [6.07, 6.45) is 0.0937. The van der Waals surface area contributed by atoms with Crippen molar-refractivity contribution in [2.75, 3.05) is 0 Å². The molecule has 3 heterocycles. The fraction of sp³-hybridized carbons (Fsp3) is 1.00. The molecule has 0 N–H and O–H groups in total. The van der Waals surface area contributed by atoms with Crippen molar-refractivity contribution in [2.45, 2.75) is 83.3 Å². The summed E-state index contributed by atoms with van der Waals surface area (Å²) in [5.74, 6) is -1.21. The molecule has 0 saturated carbocycles. The van der Waals surface area contributed by atoms with E-state index in [-0.39, 0.29) is 30.7 Å². The average Bonchev–Trinajstić information content (AvgIpc) is 2.71. The third kappa shape index (κ3) is 1.98. The Morgan fingerprint density at radius 3 is 2.00 bits per heavy atom. The van der Waals surface area contributed by atoms with Gasteiger partial charge >= 0.3 is 0 Å². The largest absolute Gasteiger partial charge is 0.344 e. The Hall–Kier alpha value is -0.200. The van der Waals surface area contributed by atoms with E-state index in [1.54, 1.807) is 0 Å². The maximum absolute atomic E-state index is 5.98. The van der Waals surface area contributed by atoms with Crippen LogP contribution in [0.5, 0.6) is 0 Å². The van der Waals surface area contributed by atoms with Crippen LogP contribution in [0.2, 0.25) is 0 Å². The van der Waals surface area contributed by atoms with Crippen LogP contribution in [0.1, 0.15) is 41.0 Å². The Kier molecular flexibility index (Phi) is 2.78. The molecule has 18 heavy (non-hydrogen) atoms. The molecular weight excluding hydrogens is 236 g/mol. The molecular formula is C13H22O5. The lowest BCUT2D eigenvalue weighted by Gasteiger charge is -2.36. The highest BCUT2D eigenvalue weighted by Gasteiger charge is 2.60.